The van der Waals surface area contributed by atoms with Gasteiger partial charge in [0.25, 0.3) is 11.5 Å². The summed E-state index contributed by atoms with van der Waals surface area (Å²) in [6.07, 6.45) is 2.60. The lowest BCUT2D eigenvalue weighted by atomic mass is 10.1. The predicted octanol–water partition coefficient (Wildman–Crippen LogP) is 1.14. The smallest absolute Gasteiger partial charge is 0.277 e. The summed E-state index contributed by atoms with van der Waals surface area (Å²) in [5, 5.41) is 26.7. The van der Waals surface area contributed by atoms with Gasteiger partial charge in [-0.3, -0.25) is 19.0 Å². The first-order valence-electron chi connectivity index (χ1n) is 10.6. The molecule has 0 unspecified atom stereocenters. The Balaban J connectivity index is 1.90. The number of benzene rings is 1. The third-order valence-corrected chi connectivity index (χ3v) is 6.08. The van der Waals surface area contributed by atoms with Crippen molar-refractivity contribution in [3.8, 4) is 12.1 Å². The molecule has 0 radical (unpaired) electrons. The van der Waals surface area contributed by atoms with Crippen LogP contribution in [0.1, 0.15) is 26.7 Å². The normalized spacial score (nSPS) is 12.7. The quantitative estimate of drug-likeness (QED) is 0.406. The average Bonchev–Trinajstić information content (AvgIpc) is 3.58. The maximum Gasteiger partial charge on any atom is 0.277 e. The van der Waals surface area contributed by atoms with Gasteiger partial charge in [0, 0.05) is 30.7 Å². The highest BCUT2D eigenvalue weighted by atomic mass is 32.1. The van der Waals surface area contributed by atoms with Crippen LogP contribution >= 0.6 is 11.3 Å². The van der Waals surface area contributed by atoms with Gasteiger partial charge in [-0.1, -0.05) is 28.9 Å². The van der Waals surface area contributed by atoms with Crippen LogP contribution in [0.25, 0.3) is 11.5 Å². The van der Waals surface area contributed by atoms with Crippen molar-refractivity contribution < 1.29 is 9.59 Å². The van der Waals surface area contributed by atoms with E-state index in [1.165, 1.54) is 10.8 Å². The number of nitriles is 2. The van der Waals surface area contributed by atoms with E-state index < -0.39 is 11.3 Å². The molecule has 2 amide bonds. The zero-order valence-electron chi connectivity index (χ0n) is 18.7. The minimum Gasteiger partial charge on any atom is -0.355 e. The van der Waals surface area contributed by atoms with Crippen molar-refractivity contribution >= 4 is 46.0 Å². The second-order valence-corrected chi connectivity index (χ2v) is 8.42. The molecule has 1 aromatic carbocycles. The van der Waals surface area contributed by atoms with E-state index >= 15 is 0 Å². The molecule has 0 bridgehead atoms. The third-order valence-electron chi connectivity index (χ3n) is 5.07. The molecule has 0 saturated heterocycles. The van der Waals surface area contributed by atoms with Crippen LogP contribution in [-0.2, 0) is 16.1 Å². The lowest BCUT2D eigenvalue weighted by Gasteiger charge is -2.09. The maximum absolute atomic E-state index is 12.7. The fraction of sp³-hybridized carbons (Fsp3) is 0.292. The number of aromatic nitrogens is 1. The molecule has 1 aliphatic carbocycles. The Morgan fingerprint density at radius 1 is 1.24 bits per heavy atom. The van der Waals surface area contributed by atoms with Crippen LogP contribution < -0.4 is 30.7 Å². The number of anilines is 2. The topological polar surface area (TPSA) is 140 Å². The predicted molar refractivity (Wildman–Crippen MR) is 129 cm³/mol. The van der Waals surface area contributed by atoms with Gasteiger partial charge in [0.05, 0.1) is 6.07 Å². The van der Waals surface area contributed by atoms with Crippen LogP contribution in [0.15, 0.2) is 40.8 Å². The molecule has 3 N–H and O–H groups in total. The molecule has 1 saturated carbocycles. The summed E-state index contributed by atoms with van der Waals surface area (Å²) in [7, 11) is 0. The molecule has 0 spiro atoms. The fourth-order valence-corrected chi connectivity index (χ4v) is 3.99. The largest absolute Gasteiger partial charge is 0.355 e. The summed E-state index contributed by atoms with van der Waals surface area (Å²) in [6.45, 7) is 4.23. The molecule has 34 heavy (non-hydrogen) atoms. The minimum atomic E-state index is -0.915. The van der Waals surface area contributed by atoms with Gasteiger partial charge in [0.1, 0.15) is 20.7 Å². The van der Waals surface area contributed by atoms with Crippen LogP contribution in [0.5, 0.6) is 0 Å². The highest BCUT2D eigenvalue weighted by Crippen LogP contribution is 2.45. The summed E-state index contributed by atoms with van der Waals surface area (Å²) >= 11 is 1.07. The molecule has 1 aromatic heterocycles. The van der Waals surface area contributed by atoms with E-state index in [-0.39, 0.29) is 21.6 Å². The molecule has 0 aliphatic heterocycles. The molecule has 0 atom stereocenters. The number of hydrogen-bond acceptors (Lipinski definition) is 7. The van der Waals surface area contributed by atoms with Gasteiger partial charge in [-0.25, -0.2) is 0 Å². The van der Waals surface area contributed by atoms with Crippen molar-refractivity contribution in [2.45, 2.75) is 33.2 Å². The van der Waals surface area contributed by atoms with Gasteiger partial charge in [-0.2, -0.15) is 10.5 Å². The van der Waals surface area contributed by atoms with Crippen molar-refractivity contribution in [2.75, 3.05) is 17.2 Å². The Kier molecular flexibility index (Phi) is 7.53. The minimum absolute atomic E-state index is 0.206. The highest BCUT2D eigenvalue weighted by molar-refractivity contribution is 7.07. The zero-order chi connectivity index (χ0) is 24.7. The summed E-state index contributed by atoms with van der Waals surface area (Å²) in [5.41, 5.74) is 5.39. The second-order valence-electron chi connectivity index (χ2n) is 7.42. The average molecular weight is 475 g/mol. The first-order chi connectivity index (χ1) is 16.4. The van der Waals surface area contributed by atoms with Gasteiger partial charge in [-0.15, -0.1) is 0 Å². The molecule has 1 fully saturated rings. The van der Waals surface area contributed by atoms with Crippen LogP contribution in [0.4, 0.5) is 11.4 Å². The second kappa shape index (κ2) is 10.5. The number of thiazole rings is 1. The molecule has 3 rings (SSSR count). The Morgan fingerprint density at radius 2 is 1.97 bits per heavy atom. The Labute approximate surface area is 199 Å². The summed E-state index contributed by atoms with van der Waals surface area (Å²) < 4.78 is 2.04. The van der Waals surface area contributed by atoms with Crippen molar-refractivity contribution in [1.82, 2.24) is 9.88 Å². The van der Waals surface area contributed by atoms with E-state index in [4.69, 9.17) is 5.26 Å². The van der Waals surface area contributed by atoms with Gasteiger partial charge in [-0.05, 0) is 44.9 Å². The van der Waals surface area contributed by atoms with Crippen LogP contribution in [0, 0.1) is 28.1 Å². The van der Waals surface area contributed by atoms with E-state index in [9.17, 15) is 19.6 Å². The number of carbonyl (C=O) groups is 2. The van der Waals surface area contributed by atoms with Crippen molar-refractivity contribution in [2.24, 2.45) is 5.41 Å². The SMILES string of the molecule is CCNC(=O)C(=C=c1sc(=C=CNc2cccc(NC(=O)C3(C#N)CC3)c2)c(=O)n1CC)C#N. The number of nitrogens with one attached hydrogen (secondary N) is 3. The van der Waals surface area contributed by atoms with Crippen molar-refractivity contribution in [3.63, 3.8) is 0 Å². The molecule has 172 valence electrons. The molecule has 2 aromatic rings. The summed E-state index contributed by atoms with van der Waals surface area (Å²) in [5.74, 6) is -0.861. The van der Waals surface area contributed by atoms with Crippen LogP contribution in [-0.4, -0.2) is 22.9 Å². The third kappa shape index (κ3) is 5.35. The van der Waals surface area contributed by atoms with Gasteiger partial charge < -0.3 is 16.0 Å². The van der Waals surface area contributed by atoms with Gasteiger partial charge in [0.2, 0.25) is 5.91 Å². The Bertz CT molecular complexity index is 1470. The summed E-state index contributed by atoms with van der Waals surface area (Å²) in [6, 6.07) is 10.8. The Morgan fingerprint density at radius 3 is 2.59 bits per heavy atom. The molecule has 10 heteroatoms. The van der Waals surface area contributed by atoms with E-state index in [1.54, 1.807) is 38.1 Å². The Hall–Kier alpha value is -4.33. The van der Waals surface area contributed by atoms with Gasteiger partial charge in [0.15, 0.2) is 5.57 Å². The first-order valence-corrected chi connectivity index (χ1v) is 11.4. The highest BCUT2D eigenvalue weighted by Gasteiger charge is 2.50. The summed E-state index contributed by atoms with van der Waals surface area (Å²) in [4.78, 5) is 36.9. The lowest BCUT2D eigenvalue weighted by Crippen LogP contribution is -2.30. The van der Waals surface area contributed by atoms with Crippen LogP contribution in [0.3, 0.4) is 0 Å². The zero-order valence-corrected chi connectivity index (χ0v) is 19.5. The molecular weight excluding hydrogens is 452 g/mol. The molecule has 1 heterocycles. The van der Waals surface area contributed by atoms with Crippen molar-refractivity contribution in [1.29, 1.82) is 10.5 Å². The van der Waals surface area contributed by atoms with E-state index in [0.29, 0.717) is 42.0 Å². The molecule has 1 aliphatic rings. The fourth-order valence-electron chi connectivity index (χ4n) is 3.01. The van der Waals surface area contributed by atoms with Crippen molar-refractivity contribution in [3.05, 3.63) is 55.6 Å². The standard InChI is InChI=1S/C24H22N6O3S/c1-3-27-21(31)16(14-25)12-20-30(4-2)22(32)19(34-20)8-11-28-17-6-5-7-18(13-17)29-23(33)24(15-26)9-10-24/h5-7,11,13,28H,3-4,9-10H2,1-2H3,(H,27,31)(H,29,33). The number of hydrogen-bond donors (Lipinski definition) is 3. The number of rotatable bonds is 7. The van der Waals surface area contributed by atoms with E-state index in [0.717, 1.165) is 11.3 Å². The number of carbonyl (C=O) groups excluding carboxylic acids is 2. The van der Waals surface area contributed by atoms with Gasteiger partial charge >= 0.3 is 0 Å². The van der Waals surface area contributed by atoms with E-state index in [1.807, 2.05) is 6.07 Å². The molecular formula is C24H22N6O3S. The maximum atomic E-state index is 12.7. The number of likely N-dealkylation sites (N-methyl/N-ethyl adjacent to an activating group) is 1. The lowest BCUT2D eigenvalue weighted by molar-refractivity contribution is -0.119. The monoisotopic (exact) mass is 474 g/mol. The number of nitrogens with zero attached hydrogens (tertiary/aromatic N) is 3. The van der Waals surface area contributed by atoms with E-state index in [2.05, 4.69) is 33.5 Å². The number of amides is 2. The molecule has 9 nitrogen and oxygen atoms in total. The first kappa shape index (κ1) is 24.3. The van der Waals surface area contributed by atoms with Crippen LogP contribution in [0.2, 0.25) is 0 Å².